The predicted molar refractivity (Wildman–Crippen MR) is 85.4 cm³/mol. The second kappa shape index (κ2) is 6.06. The van der Waals surface area contributed by atoms with Gasteiger partial charge in [-0.1, -0.05) is 20.8 Å². The first-order valence-corrected chi connectivity index (χ1v) is 7.96. The van der Waals surface area contributed by atoms with Crippen molar-refractivity contribution in [2.45, 2.75) is 40.7 Å². The second-order valence-electron chi connectivity index (χ2n) is 5.80. The van der Waals surface area contributed by atoms with Gasteiger partial charge in [-0.05, 0) is 30.7 Å². The van der Waals surface area contributed by atoms with Gasteiger partial charge in [-0.2, -0.15) is 0 Å². The van der Waals surface area contributed by atoms with Gasteiger partial charge in [-0.25, -0.2) is 9.97 Å². The third-order valence-electron chi connectivity index (χ3n) is 3.04. The van der Waals surface area contributed by atoms with Crippen molar-refractivity contribution in [3.63, 3.8) is 0 Å². The number of thiophene rings is 1. The minimum absolute atomic E-state index is 0.0373. The Morgan fingerprint density at radius 1 is 1.30 bits per heavy atom. The van der Waals surface area contributed by atoms with Crippen LogP contribution in [-0.4, -0.2) is 23.1 Å². The molecule has 110 valence electrons. The first kappa shape index (κ1) is 15.2. The Morgan fingerprint density at radius 3 is 2.65 bits per heavy atom. The summed E-state index contributed by atoms with van der Waals surface area (Å²) < 4.78 is 5.90. The summed E-state index contributed by atoms with van der Waals surface area (Å²) in [7, 11) is 0. The number of hydrogen-bond donors (Lipinski definition) is 1. The van der Waals surface area contributed by atoms with E-state index in [0.717, 1.165) is 28.4 Å². The van der Waals surface area contributed by atoms with E-state index in [1.165, 1.54) is 0 Å². The van der Waals surface area contributed by atoms with Crippen molar-refractivity contribution in [2.24, 2.45) is 5.41 Å². The Bertz CT molecular complexity index is 574. The van der Waals surface area contributed by atoms with E-state index in [4.69, 9.17) is 14.7 Å². The summed E-state index contributed by atoms with van der Waals surface area (Å²) in [4.78, 5) is 10.4. The lowest BCUT2D eigenvalue weighted by Gasteiger charge is -2.29. The fourth-order valence-electron chi connectivity index (χ4n) is 2.17. The number of nitrogens with zero attached hydrogens (tertiary/aromatic N) is 2. The maximum absolute atomic E-state index is 5.90. The molecule has 0 fully saturated rings. The van der Waals surface area contributed by atoms with Crippen LogP contribution in [0.2, 0.25) is 0 Å². The molecule has 2 rings (SSSR count). The molecule has 2 aromatic heterocycles. The summed E-state index contributed by atoms with van der Waals surface area (Å²) in [6, 6.07) is 2.06. The van der Waals surface area contributed by atoms with E-state index in [-0.39, 0.29) is 11.5 Å². The van der Waals surface area contributed by atoms with Crippen molar-refractivity contribution in [3.8, 4) is 0 Å². The van der Waals surface area contributed by atoms with Gasteiger partial charge in [0.2, 0.25) is 0 Å². The zero-order valence-corrected chi connectivity index (χ0v) is 13.7. The Morgan fingerprint density at radius 2 is 2.05 bits per heavy atom. The molecule has 1 unspecified atom stereocenters. The van der Waals surface area contributed by atoms with Gasteiger partial charge in [-0.3, -0.25) is 0 Å². The van der Waals surface area contributed by atoms with Crippen LogP contribution in [0.4, 0.5) is 5.82 Å². The zero-order chi connectivity index (χ0) is 14.8. The second-order valence-corrected chi connectivity index (χ2v) is 6.70. The Labute approximate surface area is 124 Å². The van der Waals surface area contributed by atoms with Crippen LogP contribution < -0.4 is 5.32 Å². The number of fused-ring (bicyclic) bond motifs is 1. The van der Waals surface area contributed by atoms with E-state index in [0.29, 0.717) is 6.61 Å². The molecule has 2 aromatic rings. The fraction of sp³-hybridized carbons (Fsp3) is 0.600. The van der Waals surface area contributed by atoms with Gasteiger partial charge >= 0.3 is 0 Å². The molecule has 0 aromatic carbocycles. The molecule has 0 spiro atoms. The SMILES string of the molecule is CCNc1nc(C(OCC)C(C)(C)C)nc2sccc12. The van der Waals surface area contributed by atoms with Crippen LogP contribution in [0.1, 0.15) is 46.5 Å². The summed E-state index contributed by atoms with van der Waals surface area (Å²) in [5, 5.41) is 6.47. The Balaban J connectivity index is 2.51. The van der Waals surface area contributed by atoms with E-state index in [1.54, 1.807) is 11.3 Å². The number of nitrogens with one attached hydrogen (secondary N) is 1. The monoisotopic (exact) mass is 293 g/mol. The van der Waals surface area contributed by atoms with Crippen molar-refractivity contribution in [1.29, 1.82) is 0 Å². The van der Waals surface area contributed by atoms with E-state index in [2.05, 4.69) is 44.5 Å². The van der Waals surface area contributed by atoms with Crippen LogP contribution in [0.5, 0.6) is 0 Å². The average Bonchev–Trinajstić information content (AvgIpc) is 2.83. The molecule has 1 N–H and O–H groups in total. The first-order valence-electron chi connectivity index (χ1n) is 7.08. The third kappa shape index (κ3) is 3.10. The molecule has 20 heavy (non-hydrogen) atoms. The maximum Gasteiger partial charge on any atom is 0.161 e. The zero-order valence-electron chi connectivity index (χ0n) is 12.9. The van der Waals surface area contributed by atoms with Gasteiger partial charge < -0.3 is 10.1 Å². The summed E-state index contributed by atoms with van der Waals surface area (Å²) in [6.45, 7) is 12.0. The molecule has 1 atom stereocenters. The largest absolute Gasteiger partial charge is 0.370 e. The van der Waals surface area contributed by atoms with Crippen LogP contribution in [0.25, 0.3) is 10.2 Å². The van der Waals surface area contributed by atoms with Crippen LogP contribution in [0, 0.1) is 5.41 Å². The Kier molecular flexibility index (Phi) is 4.60. The molecule has 0 amide bonds. The number of anilines is 1. The van der Waals surface area contributed by atoms with E-state index in [1.807, 2.05) is 6.92 Å². The van der Waals surface area contributed by atoms with Gasteiger partial charge in [0.1, 0.15) is 16.8 Å². The molecule has 0 radical (unpaired) electrons. The average molecular weight is 293 g/mol. The normalized spacial score (nSPS) is 13.7. The highest BCUT2D eigenvalue weighted by atomic mass is 32.1. The van der Waals surface area contributed by atoms with Gasteiger partial charge in [-0.15, -0.1) is 11.3 Å². The highest BCUT2D eigenvalue weighted by Crippen LogP contribution is 2.36. The van der Waals surface area contributed by atoms with Crippen LogP contribution in [0.3, 0.4) is 0 Å². The van der Waals surface area contributed by atoms with E-state index < -0.39 is 0 Å². The molecule has 2 heterocycles. The smallest absolute Gasteiger partial charge is 0.161 e. The lowest BCUT2D eigenvalue weighted by atomic mass is 9.88. The molecule has 0 aliphatic heterocycles. The fourth-order valence-corrected chi connectivity index (χ4v) is 2.94. The molecule has 4 nitrogen and oxygen atoms in total. The standard InChI is InChI=1S/C15H23N3OS/c1-6-16-12-10-8-9-20-14(10)18-13(17-12)11(19-7-2)15(3,4)5/h8-9,11H,6-7H2,1-5H3,(H,16,17,18). The summed E-state index contributed by atoms with van der Waals surface area (Å²) in [6.07, 6.45) is -0.101. The molecule has 0 bridgehead atoms. The molecule has 0 saturated carbocycles. The van der Waals surface area contributed by atoms with Crippen LogP contribution in [0.15, 0.2) is 11.4 Å². The van der Waals surface area contributed by atoms with Gasteiger partial charge in [0.15, 0.2) is 5.82 Å². The van der Waals surface area contributed by atoms with Gasteiger partial charge in [0.25, 0.3) is 0 Å². The number of hydrogen-bond acceptors (Lipinski definition) is 5. The molecule has 0 aliphatic rings. The number of aromatic nitrogens is 2. The lowest BCUT2D eigenvalue weighted by molar-refractivity contribution is -0.0187. The van der Waals surface area contributed by atoms with Crippen molar-refractivity contribution in [3.05, 3.63) is 17.3 Å². The number of rotatable bonds is 5. The molecule has 0 aliphatic carbocycles. The van der Waals surface area contributed by atoms with Gasteiger partial charge in [0.05, 0.1) is 5.39 Å². The highest BCUT2D eigenvalue weighted by molar-refractivity contribution is 7.16. The van der Waals surface area contributed by atoms with Crippen LogP contribution in [-0.2, 0) is 4.74 Å². The minimum atomic E-state index is -0.101. The van der Waals surface area contributed by atoms with Crippen LogP contribution >= 0.6 is 11.3 Å². The first-order chi connectivity index (χ1) is 9.47. The van der Waals surface area contributed by atoms with E-state index in [9.17, 15) is 0 Å². The van der Waals surface area contributed by atoms with Crippen molar-refractivity contribution in [1.82, 2.24) is 9.97 Å². The predicted octanol–water partition coefficient (Wildman–Crippen LogP) is 4.25. The van der Waals surface area contributed by atoms with Crippen molar-refractivity contribution < 1.29 is 4.74 Å². The molecule has 5 heteroatoms. The summed E-state index contributed by atoms with van der Waals surface area (Å²) >= 11 is 1.64. The maximum atomic E-state index is 5.90. The summed E-state index contributed by atoms with van der Waals surface area (Å²) in [5.74, 6) is 1.67. The topological polar surface area (TPSA) is 47.0 Å². The molecular weight excluding hydrogens is 270 g/mol. The Hall–Kier alpha value is -1.20. The lowest BCUT2D eigenvalue weighted by Crippen LogP contribution is -2.24. The molecular formula is C15H23N3OS. The quantitative estimate of drug-likeness (QED) is 0.895. The minimum Gasteiger partial charge on any atom is -0.370 e. The molecule has 0 saturated heterocycles. The summed E-state index contributed by atoms with van der Waals surface area (Å²) in [5.41, 5.74) is -0.0373. The highest BCUT2D eigenvalue weighted by Gasteiger charge is 2.30. The van der Waals surface area contributed by atoms with Crippen molar-refractivity contribution >= 4 is 27.4 Å². The number of ether oxygens (including phenoxy) is 1. The van der Waals surface area contributed by atoms with Crippen molar-refractivity contribution in [2.75, 3.05) is 18.5 Å². The third-order valence-corrected chi connectivity index (χ3v) is 3.85. The van der Waals surface area contributed by atoms with E-state index >= 15 is 0 Å². The van der Waals surface area contributed by atoms with Gasteiger partial charge in [0, 0.05) is 13.2 Å².